The third-order valence-corrected chi connectivity index (χ3v) is 2.40. The van der Waals surface area contributed by atoms with Crippen LogP contribution < -0.4 is 0 Å². The SMILES string of the molecule is O=C/C=C(\Cl)c1ccc(I)cc1. The van der Waals surface area contributed by atoms with Crippen molar-refractivity contribution in [2.45, 2.75) is 0 Å². The second-order valence-electron chi connectivity index (χ2n) is 2.16. The Balaban J connectivity index is 2.97. The first kappa shape index (κ1) is 9.74. The van der Waals surface area contributed by atoms with Crippen molar-refractivity contribution in [1.29, 1.82) is 0 Å². The predicted molar refractivity (Wildman–Crippen MR) is 59.1 cm³/mol. The fourth-order valence-corrected chi connectivity index (χ4v) is 1.30. The Morgan fingerprint density at radius 3 is 2.42 bits per heavy atom. The minimum Gasteiger partial charge on any atom is -0.299 e. The van der Waals surface area contributed by atoms with Crippen LogP contribution in [0.2, 0.25) is 0 Å². The standard InChI is InChI=1S/C9H6ClIO/c10-9(5-6-12)7-1-3-8(11)4-2-7/h1-6H/b9-5-. The van der Waals surface area contributed by atoms with E-state index in [1.807, 2.05) is 24.3 Å². The van der Waals surface area contributed by atoms with Crippen LogP contribution in [0.1, 0.15) is 5.56 Å². The highest BCUT2D eigenvalue weighted by molar-refractivity contribution is 14.1. The Labute approximate surface area is 89.6 Å². The quantitative estimate of drug-likeness (QED) is 0.465. The highest BCUT2D eigenvalue weighted by atomic mass is 127. The van der Waals surface area contributed by atoms with Crippen molar-refractivity contribution < 1.29 is 4.79 Å². The lowest BCUT2D eigenvalue weighted by atomic mass is 10.2. The number of hydrogen-bond donors (Lipinski definition) is 0. The van der Waals surface area contributed by atoms with Gasteiger partial charge in [0, 0.05) is 3.57 Å². The maximum absolute atomic E-state index is 10.1. The van der Waals surface area contributed by atoms with Crippen molar-refractivity contribution >= 4 is 45.5 Å². The number of rotatable bonds is 2. The summed E-state index contributed by atoms with van der Waals surface area (Å²) in [6.07, 6.45) is 2.02. The van der Waals surface area contributed by atoms with Gasteiger partial charge in [-0.05, 0) is 46.4 Å². The second kappa shape index (κ2) is 4.62. The molecular weight excluding hydrogens is 286 g/mol. The van der Waals surface area contributed by atoms with Gasteiger partial charge < -0.3 is 0 Å². The maximum Gasteiger partial charge on any atom is 0.144 e. The minimum absolute atomic E-state index is 0.474. The lowest BCUT2D eigenvalue weighted by molar-refractivity contribution is -0.104. The molecule has 1 aromatic rings. The number of carbonyl (C=O) groups excluding carboxylic acids is 1. The van der Waals surface area contributed by atoms with E-state index in [0.29, 0.717) is 11.3 Å². The Morgan fingerprint density at radius 2 is 1.92 bits per heavy atom. The number of aldehydes is 1. The molecule has 0 unspecified atom stereocenters. The van der Waals surface area contributed by atoms with Crippen molar-refractivity contribution in [2.24, 2.45) is 0 Å². The molecule has 0 fully saturated rings. The van der Waals surface area contributed by atoms with Gasteiger partial charge >= 0.3 is 0 Å². The highest BCUT2D eigenvalue weighted by Gasteiger charge is 1.95. The van der Waals surface area contributed by atoms with Gasteiger partial charge in [-0.25, -0.2) is 0 Å². The molecule has 62 valence electrons. The average Bonchev–Trinajstić information content (AvgIpc) is 2.06. The molecule has 0 saturated carbocycles. The molecule has 3 heteroatoms. The molecule has 1 aromatic carbocycles. The van der Waals surface area contributed by atoms with E-state index in [-0.39, 0.29) is 0 Å². The molecule has 0 bridgehead atoms. The molecule has 0 spiro atoms. The van der Waals surface area contributed by atoms with Crippen LogP contribution in [-0.4, -0.2) is 6.29 Å². The fourth-order valence-electron chi connectivity index (χ4n) is 0.765. The van der Waals surface area contributed by atoms with Gasteiger partial charge in [0.25, 0.3) is 0 Å². The van der Waals surface area contributed by atoms with E-state index >= 15 is 0 Å². The van der Waals surface area contributed by atoms with E-state index < -0.39 is 0 Å². The normalized spacial score (nSPS) is 11.3. The van der Waals surface area contributed by atoms with Crippen LogP contribution in [0.15, 0.2) is 30.3 Å². The molecule has 0 aromatic heterocycles. The highest BCUT2D eigenvalue weighted by Crippen LogP contribution is 2.18. The van der Waals surface area contributed by atoms with E-state index in [9.17, 15) is 4.79 Å². The summed E-state index contributed by atoms with van der Waals surface area (Å²) in [6.45, 7) is 0. The van der Waals surface area contributed by atoms with Gasteiger partial charge in [0.1, 0.15) is 6.29 Å². The van der Waals surface area contributed by atoms with Gasteiger partial charge in [-0.2, -0.15) is 0 Å². The van der Waals surface area contributed by atoms with E-state index in [1.165, 1.54) is 6.08 Å². The van der Waals surface area contributed by atoms with Gasteiger partial charge in [0.05, 0.1) is 5.03 Å². The van der Waals surface area contributed by atoms with Crippen LogP contribution in [0.5, 0.6) is 0 Å². The van der Waals surface area contributed by atoms with Crippen molar-refractivity contribution in [3.8, 4) is 0 Å². The molecule has 0 saturated heterocycles. The summed E-state index contributed by atoms with van der Waals surface area (Å²) in [4.78, 5) is 10.1. The van der Waals surface area contributed by atoms with E-state index in [2.05, 4.69) is 22.6 Å². The van der Waals surface area contributed by atoms with Crippen LogP contribution in [0.4, 0.5) is 0 Å². The molecule has 0 atom stereocenters. The third-order valence-electron chi connectivity index (χ3n) is 1.33. The molecule has 0 aliphatic carbocycles. The second-order valence-corrected chi connectivity index (χ2v) is 3.81. The zero-order valence-electron chi connectivity index (χ0n) is 6.13. The topological polar surface area (TPSA) is 17.1 Å². The Bertz CT molecular complexity index is 303. The molecule has 0 aliphatic rings. The molecule has 0 heterocycles. The van der Waals surface area contributed by atoms with Crippen LogP contribution in [0, 0.1) is 3.57 Å². The van der Waals surface area contributed by atoms with E-state index in [4.69, 9.17) is 11.6 Å². The molecule has 0 N–H and O–H groups in total. The zero-order valence-corrected chi connectivity index (χ0v) is 9.04. The van der Waals surface area contributed by atoms with Crippen molar-refractivity contribution in [3.05, 3.63) is 39.5 Å². The van der Waals surface area contributed by atoms with Crippen LogP contribution in [0.3, 0.4) is 0 Å². The first-order valence-corrected chi connectivity index (χ1v) is 4.76. The first-order chi connectivity index (χ1) is 5.74. The number of carbonyl (C=O) groups is 1. The molecule has 1 rings (SSSR count). The summed E-state index contributed by atoms with van der Waals surface area (Å²) in [5.74, 6) is 0. The summed E-state index contributed by atoms with van der Waals surface area (Å²) in [6, 6.07) is 7.64. The Morgan fingerprint density at radius 1 is 1.33 bits per heavy atom. The Hall–Kier alpha value is -0.350. The van der Waals surface area contributed by atoms with Gasteiger partial charge in [0.15, 0.2) is 0 Å². The molecule has 0 aliphatic heterocycles. The number of allylic oxidation sites excluding steroid dienone is 1. The lowest BCUT2D eigenvalue weighted by Crippen LogP contribution is -1.77. The lowest BCUT2D eigenvalue weighted by Gasteiger charge is -1.96. The predicted octanol–water partition coefficient (Wildman–Crippen LogP) is 3.07. The molecule has 0 radical (unpaired) electrons. The minimum atomic E-state index is 0.474. The Kier molecular flexibility index (Phi) is 3.75. The molecule has 0 amide bonds. The van der Waals surface area contributed by atoms with Gasteiger partial charge in [-0.3, -0.25) is 4.79 Å². The summed E-state index contributed by atoms with van der Waals surface area (Å²) in [5.41, 5.74) is 0.865. The van der Waals surface area contributed by atoms with Gasteiger partial charge in [-0.1, -0.05) is 23.7 Å². The zero-order chi connectivity index (χ0) is 8.97. The summed E-state index contributed by atoms with van der Waals surface area (Å²) < 4.78 is 1.15. The number of hydrogen-bond acceptors (Lipinski definition) is 1. The largest absolute Gasteiger partial charge is 0.299 e. The van der Waals surface area contributed by atoms with Crippen molar-refractivity contribution in [2.75, 3.05) is 0 Å². The van der Waals surface area contributed by atoms with Crippen LogP contribution in [-0.2, 0) is 4.79 Å². The number of halogens is 2. The smallest absolute Gasteiger partial charge is 0.144 e. The summed E-state index contributed by atoms with van der Waals surface area (Å²) >= 11 is 8.00. The fraction of sp³-hybridized carbons (Fsp3) is 0. The van der Waals surface area contributed by atoms with Crippen molar-refractivity contribution in [1.82, 2.24) is 0 Å². The average molecular weight is 293 g/mol. The number of benzene rings is 1. The maximum atomic E-state index is 10.1. The van der Waals surface area contributed by atoms with Crippen LogP contribution >= 0.6 is 34.2 Å². The molecule has 1 nitrogen and oxygen atoms in total. The van der Waals surface area contributed by atoms with Crippen LogP contribution in [0.25, 0.3) is 5.03 Å². The van der Waals surface area contributed by atoms with E-state index in [1.54, 1.807) is 0 Å². The van der Waals surface area contributed by atoms with Gasteiger partial charge in [0.2, 0.25) is 0 Å². The monoisotopic (exact) mass is 292 g/mol. The third kappa shape index (κ3) is 2.60. The van der Waals surface area contributed by atoms with E-state index in [0.717, 1.165) is 9.13 Å². The van der Waals surface area contributed by atoms with Gasteiger partial charge in [-0.15, -0.1) is 0 Å². The first-order valence-electron chi connectivity index (χ1n) is 3.31. The van der Waals surface area contributed by atoms with Crippen molar-refractivity contribution in [3.63, 3.8) is 0 Å². The summed E-state index contributed by atoms with van der Waals surface area (Å²) in [5, 5.41) is 0.474. The molecule has 12 heavy (non-hydrogen) atoms. The molecular formula is C9H6ClIO. The summed E-state index contributed by atoms with van der Waals surface area (Å²) in [7, 11) is 0.